The summed E-state index contributed by atoms with van der Waals surface area (Å²) in [6.45, 7) is 4.52. The van der Waals surface area contributed by atoms with Gasteiger partial charge in [-0.3, -0.25) is 9.69 Å². The van der Waals surface area contributed by atoms with Crippen molar-refractivity contribution in [2.24, 2.45) is 0 Å². The highest BCUT2D eigenvalue weighted by Crippen LogP contribution is 2.16. The standard InChI is InChI=1S/C13H18BrNO2/c1-3-17-9-8-15(2)10-13(16)11-6-4-5-7-12(11)14/h4-7H,3,8-10H2,1-2H3. The van der Waals surface area contributed by atoms with E-state index in [1.54, 1.807) is 0 Å². The van der Waals surface area contributed by atoms with Gasteiger partial charge in [-0.15, -0.1) is 0 Å². The van der Waals surface area contributed by atoms with Crippen LogP contribution in [-0.4, -0.2) is 44.0 Å². The number of carbonyl (C=O) groups is 1. The van der Waals surface area contributed by atoms with Gasteiger partial charge in [-0.1, -0.05) is 34.1 Å². The van der Waals surface area contributed by atoms with E-state index in [0.717, 1.165) is 16.6 Å². The Bertz CT molecular complexity index is 368. The van der Waals surface area contributed by atoms with Crippen LogP contribution in [0.5, 0.6) is 0 Å². The number of halogens is 1. The molecular weight excluding hydrogens is 282 g/mol. The van der Waals surface area contributed by atoms with Crippen molar-refractivity contribution in [2.45, 2.75) is 6.92 Å². The van der Waals surface area contributed by atoms with E-state index in [1.807, 2.05) is 43.1 Å². The van der Waals surface area contributed by atoms with E-state index in [2.05, 4.69) is 15.9 Å². The Morgan fingerprint density at radius 2 is 2.12 bits per heavy atom. The maximum Gasteiger partial charge on any atom is 0.177 e. The van der Waals surface area contributed by atoms with Gasteiger partial charge < -0.3 is 4.74 Å². The first-order chi connectivity index (χ1) is 8.15. The third kappa shape index (κ3) is 4.98. The molecular formula is C13H18BrNO2. The van der Waals surface area contributed by atoms with Gasteiger partial charge in [0.15, 0.2) is 5.78 Å². The third-order valence-electron chi connectivity index (χ3n) is 2.41. The number of hydrogen-bond acceptors (Lipinski definition) is 3. The molecule has 0 aliphatic heterocycles. The molecule has 0 N–H and O–H groups in total. The van der Waals surface area contributed by atoms with Gasteiger partial charge in [-0.25, -0.2) is 0 Å². The molecule has 0 saturated carbocycles. The Hall–Kier alpha value is -0.710. The summed E-state index contributed by atoms with van der Waals surface area (Å²) in [5, 5.41) is 0. The molecule has 3 nitrogen and oxygen atoms in total. The van der Waals surface area contributed by atoms with Gasteiger partial charge in [0.2, 0.25) is 0 Å². The van der Waals surface area contributed by atoms with E-state index < -0.39 is 0 Å². The number of rotatable bonds is 7. The molecule has 0 unspecified atom stereocenters. The van der Waals surface area contributed by atoms with Crippen molar-refractivity contribution < 1.29 is 9.53 Å². The van der Waals surface area contributed by atoms with Crippen molar-refractivity contribution in [3.8, 4) is 0 Å². The summed E-state index contributed by atoms with van der Waals surface area (Å²) >= 11 is 3.39. The molecule has 94 valence electrons. The fourth-order valence-corrected chi connectivity index (χ4v) is 1.97. The molecule has 0 amide bonds. The fraction of sp³-hybridized carbons (Fsp3) is 0.462. The average molecular weight is 300 g/mol. The second-order valence-corrected chi connectivity index (χ2v) is 4.69. The number of Topliss-reactive ketones (excluding diaryl/α,β-unsaturated/α-hetero) is 1. The lowest BCUT2D eigenvalue weighted by molar-refractivity contribution is 0.0896. The first-order valence-corrected chi connectivity index (χ1v) is 6.48. The highest BCUT2D eigenvalue weighted by atomic mass is 79.9. The second-order valence-electron chi connectivity index (χ2n) is 3.84. The number of ether oxygens (including phenoxy) is 1. The average Bonchev–Trinajstić information content (AvgIpc) is 2.29. The van der Waals surface area contributed by atoms with Crippen LogP contribution in [0, 0.1) is 0 Å². The van der Waals surface area contributed by atoms with Crippen molar-refractivity contribution in [3.63, 3.8) is 0 Å². The second kappa shape index (κ2) is 7.58. The molecule has 0 bridgehead atoms. The molecule has 0 heterocycles. The first kappa shape index (κ1) is 14.4. The van der Waals surface area contributed by atoms with Crippen LogP contribution in [0.3, 0.4) is 0 Å². The van der Waals surface area contributed by atoms with Gasteiger partial charge in [0.1, 0.15) is 0 Å². The number of nitrogens with zero attached hydrogens (tertiary/aromatic N) is 1. The zero-order chi connectivity index (χ0) is 12.7. The lowest BCUT2D eigenvalue weighted by Crippen LogP contribution is -2.29. The molecule has 0 spiro atoms. The van der Waals surface area contributed by atoms with E-state index in [-0.39, 0.29) is 5.78 Å². The predicted octanol–water partition coefficient (Wildman–Crippen LogP) is 2.60. The van der Waals surface area contributed by atoms with E-state index >= 15 is 0 Å². The molecule has 17 heavy (non-hydrogen) atoms. The van der Waals surface area contributed by atoms with Crippen LogP contribution in [-0.2, 0) is 4.74 Å². The number of hydrogen-bond donors (Lipinski definition) is 0. The number of ketones is 1. The quantitative estimate of drug-likeness (QED) is 0.572. The highest BCUT2D eigenvalue weighted by molar-refractivity contribution is 9.10. The monoisotopic (exact) mass is 299 g/mol. The highest BCUT2D eigenvalue weighted by Gasteiger charge is 2.11. The zero-order valence-electron chi connectivity index (χ0n) is 10.3. The van der Waals surface area contributed by atoms with Crippen molar-refractivity contribution >= 4 is 21.7 Å². The van der Waals surface area contributed by atoms with Crippen molar-refractivity contribution in [1.29, 1.82) is 0 Å². The van der Waals surface area contributed by atoms with E-state index in [1.165, 1.54) is 0 Å². The number of likely N-dealkylation sites (N-methyl/N-ethyl adjacent to an activating group) is 1. The summed E-state index contributed by atoms with van der Waals surface area (Å²) in [4.78, 5) is 14.0. The molecule has 1 aromatic carbocycles. The summed E-state index contributed by atoms with van der Waals surface area (Å²) < 4.78 is 6.10. The molecule has 1 rings (SSSR count). The van der Waals surface area contributed by atoms with Crippen LogP contribution in [0.2, 0.25) is 0 Å². The van der Waals surface area contributed by atoms with Gasteiger partial charge in [-0.2, -0.15) is 0 Å². The van der Waals surface area contributed by atoms with Crippen LogP contribution < -0.4 is 0 Å². The maximum atomic E-state index is 12.0. The topological polar surface area (TPSA) is 29.5 Å². The molecule has 0 aliphatic carbocycles. The fourth-order valence-electron chi connectivity index (χ4n) is 1.46. The number of benzene rings is 1. The van der Waals surface area contributed by atoms with E-state index in [9.17, 15) is 4.79 Å². The number of carbonyl (C=O) groups excluding carboxylic acids is 1. The largest absolute Gasteiger partial charge is 0.380 e. The summed E-state index contributed by atoms with van der Waals surface area (Å²) in [7, 11) is 1.92. The van der Waals surface area contributed by atoms with Crippen LogP contribution >= 0.6 is 15.9 Å². The molecule has 0 saturated heterocycles. The van der Waals surface area contributed by atoms with Crippen LogP contribution in [0.1, 0.15) is 17.3 Å². The first-order valence-electron chi connectivity index (χ1n) is 5.69. The minimum Gasteiger partial charge on any atom is -0.380 e. The van der Waals surface area contributed by atoms with Gasteiger partial charge >= 0.3 is 0 Å². The van der Waals surface area contributed by atoms with Crippen molar-refractivity contribution in [3.05, 3.63) is 34.3 Å². The van der Waals surface area contributed by atoms with Crippen LogP contribution in [0.4, 0.5) is 0 Å². The third-order valence-corrected chi connectivity index (χ3v) is 3.10. The lowest BCUT2D eigenvalue weighted by atomic mass is 10.1. The Balaban J connectivity index is 2.46. The van der Waals surface area contributed by atoms with Crippen LogP contribution in [0.25, 0.3) is 0 Å². The van der Waals surface area contributed by atoms with Crippen molar-refractivity contribution in [2.75, 3.05) is 33.4 Å². The van der Waals surface area contributed by atoms with Crippen molar-refractivity contribution in [1.82, 2.24) is 4.90 Å². The normalized spacial score (nSPS) is 10.8. The molecule has 4 heteroatoms. The van der Waals surface area contributed by atoms with Gasteiger partial charge in [0.05, 0.1) is 13.2 Å². The minimum atomic E-state index is 0.122. The molecule has 0 radical (unpaired) electrons. The van der Waals surface area contributed by atoms with E-state index in [0.29, 0.717) is 19.8 Å². The van der Waals surface area contributed by atoms with Gasteiger partial charge in [0, 0.05) is 23.2 Å². The molecule has 1 aromatic rings. The lowest BCUT2D eigenvalue weighted by Gasteiger charge is -2.15. The molecule has 0 atom stereocenters. The molecule has 0 aromatic heterocycles. The summed E-state index contributed by atoms with van der Waals surface area (Å²) in [6, 6.07) is 7.49. The van der Waals surface area contributed by atoms with E-state index in [4.69, 9.17) is 4.74 Å². The van der Waals surface area contributed by atoms with Gasteiger partial charge in [-0.05, 0) is 20.0 Å². The summed E-state index contributed by atoms with van der Waals surface area (Å²) in [6.07, 6.45) is 0. The maximum absolute atomic E-state index is 12.0. The smallest absolute Gasteiger partial charge is 0.177 e. The Kier molecular flexibility index (Phi) is 6.40. The summed E-state index contributed by atoms with van der Waals surface area (Å²) in [5.41, 5.74) is 0.732. The Morgan fingerprint density at radius 3 is 2.76 bits per heavy atom. The Labute approximate surface area is 111 Å². The zero-order valence-corrected chi connectivity index (χ0v) is 11.9. The molecule has 0 fully saturated rings. The van der Waals surface area contributed by atoms with Gasteiger partial charge in [0.25, 0.3) is 0 Å². The summed E-state index contributed by atoms with van der Waals surface area (Å²) in [5.74, 6) is 0.122. The minimum absolute atomic E-state index is 0.122. The predicted molar refractivity (Wildman–Crippen MR) is 72.5 cm³/mol. The molecule has 0 aliphatic rings. The Morgan fingerprint density at radius 1 is 1.41 bits per heavy atom. The SMILES string of the molecule is CCOCCN(C)CC(=O)c1ccccc1Br. The van der Waals surface area contributed by atoms with Crippen LogP contribution in [0.15, 0.2) is 28.7 Å².